The second kappa shape index (κ2) is 5.35. The van der Waals surface area contributed by atoms with Gasteiger partial charge in [-0.25, -0.2) is 4.79 Å². The summed E-state index contributed by atoms with van der Waals surface area (Å²) in [6.07, 6.45) is 3.41. The highest BCUT2D eigenvalue weighted by molar-refractivity contribution is 5.68. The molecule has 1 aliphatic rings. The highest BCUT2D eigenvalue weighted by Gasteiger charge is 2.35. The van der Waals surface area contributed by atoms with Gasteiger partial charge in [0.1, 0.15) is 0 Å². The number of aliphatic hydroxyl groups excluding tert-OH is 1. The van der Waals surface area contributed by atoms with Crippen molar-refractivity contribution in [3.05, 3.63) is 0 Å². The number of carbonyl (C=O) groups is 1. The SMILES string of the molecule is CC(C)COC(=O)NC1(CO)CCCC1. The van der Waals surface area contributed by atoms with Crippen molar-refractivity contribution < 1.29 is 14.6 Å². The standard InChI is InChI=1S/C11H21NO3/c1-9(2)7-15-10(14)12-11(8-13)5-3-4-6-11/h9,13H,3-8H2,1-2H3,(H,12,14). The lowest BCUT2D eigenvalue weighted by Crippen LogP contribution is -2.49. The zero-order valence-corrected chi connectivity index (χ0v) is 9.58. The van der Waals surface area contributed by atoms with Crippen molar-refractivity contribution in [1.29, 1.82) is 0 Å². The van der Waals surface area contributed by atoms with E-state index >= 15 is 0 Å². The number of nitrogens with one attached hydrogen (secondary N) is 1. The van der Waals surface area contributed by atoms with Gasteiger partial charge in [-0.3, -0.25) is 0 Å². The Morgan fingerprint density at radius 1 is 1.47 bits per heavy atom. The first-order chi connectivity index (χ1) is 7.08. The summed E-state index contributed by atoms with van der Waals surface area (Å²) < 4.78 is 5.03. The third-order valence-electron chi connectivity index (χ3n) is 2.78. The second-order valence-electron chi connectivity index (χ2n) is 4.76. The number of ether oxygens (including phenoxy) is 1. The van der Waals surface area contributed by atoms with Crippen LogP contribution in [-0.2, 0) is 4.74 Å². The van der Waals surface area contributed by atoms with Crippen LogP contribution < -0.4 is 5.32 Å². The first kappa shape index (κ1) is 12.3. The Kier molecular flexibility index (Phi) is 4.39. The van der Waals surface area contributed by atoms with Gasteiger partial charge in [0.05, 0.1) is 18.8 Å². The Balaban J connectivity index is 2.35. The van der Waals surface area contributed by atoms with Crippen molar-refractivity contribution in [2.24, 2.45) is 5.92 Å². The summed E-state index contributed by atoms with van der Waals surface area (Å²) in [5.74, 6) is 0.337. The minimum atomic E-state index is -0.423. The monoisotopic (exact) mass is 215 g/mol. The predicted octanol–water partition coefficient (Wildman–Crippen LogP) is 1.67. The highest BCUT2D eigenvalue weighted by Crippen LogP contribution is 2.29. The van der Waals surface area contributed by atoms with Gasteiger partial charge in [-0.1, -0.05) is 26.7 Å². The normalized spacial score (nSPS) is 19.2. The topological polar surface area (TPSA) is 58.6 Å². The van der Waals surface area contributed by atoms with Gasteiger partial charge >= 0.3 is 6.09 Å². The molecule has 1 amide bonds. The van der Waals surface area contributed by atoms with Gasteiger partial charge in [-0.05, 0) is 18.8 Å². The molecule has 0 heterocycles. The Labute approximate surface area is 91.0 Å². The minimum Gasteiger partial charge on any atom is -0.449 e. The fourth-order valence-corrected chi connectivity index (χ4v) is 1.87. The predicted molar refractivity (Wildman–Crippen MR) is 57.6 cm³/mol. The van der Waals surface area contributed by atoms with Gasteiger partial charge in [0, 0.05) is 0 Å². The molecular weight excluding hydrogens is 194 g/mol. The number of hydrogen-bond acceptors (Lipinski definition) is 3. The summed E-state index contributed by atoms with van der Waals surface area (Å²) in [6.45, 7) is 4.41. The minimum absolute atomic E-state index is 0.00375. The quantitative estimate of drug-likeness (QED) is 0.750. The number of rotatable bonds is 4. The Morgan fingerprint density at radius 3 is 2.53 bits per heavy atom. The molecule has 0 unspecified atom stereocenters. The average molecular weight is 215 g/mol. The van der Waals surface area contributed by atoms with Gasteiger partial charge in [-0.2, -0.15) is 0 Å². The molecule has 1 rings (SSSR count). The number of alkyl carbamates (subject to hydrolysis) is 1. The van der Waals surface area contributed by atoms with E-state index in [4.69, 9.17) is 4.74 Å². The van der Waals surface area contributed by atoms with Crippen LogP contribution in [0.5, 0.6) is 0 Å². The molecule has 0 radical (unpaired) electrons. The van der Waals surface area contributed by atoms with Crippen LogP contribution in [0.2, 0.25) is 0 Å². The summed E-state index contributed by atoms with van der Waals surface area (Å²) in [4.78, 5) is 11.4. The molecule has 1 fully saturated rings. The number of amides is 1. The summed E-state index contributed by atoms with van der Waals surface area (Å²) in [5, 5.41) is 12.1. The molecule has 0 saturated heterocycles. The Morgan fingerprint density at radius 2 is 2.07 bits per heavy atom. The molecular formula is C11H21NO3. The van der Waals surface area contributed by atoms with Crippen LogP contribution in [0.15, 0.2) is 0 Å². The second-order valence-corrected chi connectivity index (χ2v) is 4.76. The van der Waals surface area contributed by atoms with E-state index in [-0.39, 0.29) is 6.61 Å². The molecule has 0 bridgehead atoms. The van der Waals surface area contributed by atoms with E-state index in [1.54, 1.807) is 0 Å². The largest absolute Gasteiger partial charge is 0.449 e. The van der Waals surface area contributed by atoms with Crippen molar-refractivity contribution in [1.82, 2.24) is 5.32 Å². The summed E-state index contributed by atoms with van der Waals surface area (Å²) >= 11 is 0. The lowest BCUT2D eigenvalue weighted by Gasteiger charge is -2.27. The molecule has 88 valence electrons. The summed E-state index contributed by atoms with van der Waals surface area (Å²) in [7, 11) is 0. The molecule has 0 aromatic heterocycles. The molecule has 0 aliphatic heterocycles. The first-order valence-electron chi connectivity index (χ1n) is 5.64. The van der Waals surface area contributed by atoms with E-state index in [0.29, 0.717) is 12.5 Å². The van der Waals surface area contributed by atoms with Gasteiger partial charge in [-0.15, -0.1) is 0 Å². The molecule has 1 aliphatic carbocycles. The fourth-order valence-electron chi connectivity index (χ4n) is 1.87. The van der Waals surface area contributed by atoms with E-state index in [1.807, 2.05) is 13.8 Å². The third-order valence-corrected chi connectivity index (χ3v) is 2.78. The number of hydrogen-bond donors (Lipinski definition) is 2. The van der Waals surface area contributed by atoms with Gasteiger partial charge in [0.25, 0.3) is 0 Å². The van der Waals surface area contributed by atoms with Crippen LogP contribution in [0.4, 0.5) is 4.79 Å². The summed E-state index contributed by atoms with van der Waals surface area (Å²) in [6, 6.07) is 0. The van der Waals surface area contributed by atoms with Gasteiger partial charge in [0.2, 0.25) is 0 Å². The zero-order chi connectivity index (χ0) is 11.3. The zero-order valence-electron chi connectivity index (χ0n) is 9.58. The van der Waals surface area contributed by atoms with Crippen molar-refractivity contribution in [2.45, 2.75) is 45.1 Å². The molecule has 0 atom stereocenters. The molecule has 4 heteroatoms. The lowest BCUT2D eigenvalue weighted by molar-refractivity contribution is 0.104. The fraction of sp³-hybridized carbons (Fsp3) is 0.909. The van der Waals surface area contributed by atoms with Crippen molar-refractivity contribution >= 4 is 6.09 Å². The van der Waals surface area contributed by atoms with E-state index < -0.39 is 11.6 Å². The van der Waals surface area contributed by atoms with Crippen LogP contribution in [0.3, 0.4) is 0 Å². The van der Waals surface area contributed by atoms with Crippen LogP contribution in [0.1, 0.15) is 39.5 Å². The molecule has 0 aromatic carbocycles. The van der Waals surface area contributed by atoms with Crippen LogP contribution in [0, 0.1) is 5.92 Å². The highest BCUT2D eigenvalue weighted by atomic mass is 16.5. The van der Waals surface area contributed by atoms with E-state index in [2.05, 4.69) is 5.32 Å². The Bertz CT molecular complexity index is 210. The lowest BCUT2D eigenvalue weighted by atomic mass is 9.99. The van der Waals surface area contributed by atoms with E-state index in [0.717, 1.165) is 25.7 Å². The first-order valence-corrected chi connectivity index (χ1v) is 5.64. The van der Waals surface area contributed by atoms with E-state index in [1.165, 1.54) is 0 Å². The molecule has 1 saturated carbocycles. The smallest absolute Gasteiger partial charge is 0.407 e. The maximum atomic E-state index is 11.4. The van der Waals surface area contributed by atoms with Gasteiger partial charge in [0.15, 0.2) is 0 Å². The Hall–Kier alpha value is -0.770. The van der Waals surface area contributed by atoms with Crippen molar-refractivity contribution in [3.8, 4) is 0 Å². The average Bonchev–Trinajstić information content (AvgIpc) is 2.64. The van der Waals surface area contributed by atoms with E-state index in [9.17, 15) is 9.90 Å². The molecule has 4 nitrogen and oxygen atoms in total. The molecule has 2 N–H and O–H groups in total. The van der Waals surface area contributed by atoms with Crippen LogP contribution in [0.25, 0.3) is 0 Å². The summed E-state index contributed by atoms with van der Waals surface area (Å²) in [5.41, 5.74) is -0.423. The van der Waals surface area contributed by atoms with Crippen molar-refractivity contribution in [2.75, 3.05) is 13.2 Å². The molecule has 0 aromatic rings. The van der Waals surface area contributed by atoms with Gasteiger partial charge < -0.3 is 15.2 Å². The molecule has 15 heavy (non-hydrogen) atoms. The maximum absolute atomic E-state index is 11.4. The van der Waals surface area contributed by atoms with Crippen LogP contribution in [-0.4, -0.2) is 30.0 Å². The number of carbonyl (C=O) groups excluding carboxylic acids is 1. The maximum Gasteiger partial charge on any atom is 0.407 e. The third kappa shape index (κ3) is 3.70. The molecule has 0 spiro atoms. The number of aliphatic hydroxyl groups is 1. The van der Waals surface area contributed by atoms with Crippen molar-refractivity contribution in [3.63, 3.8) is 0 Å². The van der Waals surface area contributed by atoms with Crippen LogP contribution >= 0.6 is 0 Å².